The summed E-state index contributed by atoms with van der Waals surface area (Å²) in [6.45, 7) is 1.82. The summed E-state index contributed by atoms with van der Waals surface area (Å²) in [7, 11) is 3.17. The van der Waals surface area contributed by atoms with Gasteiger partial charge in [-0.15, -0.1) is 0 Å². The number of carbonyl (C=O) groups is 1. The van der Waals surface area contributed by atoms with Crippen LogP contribution in [-0.2, 0) is 4.79 Å². The molecule has 1 amide bonds. The molecular weight excluding hydrogens is 294 g/mol. The number of amides is 1. The SMILES string of the molecule is COc1ccccc1OCC(=O)N[C@@H](C)c1ccccc1OC. The van der Waals surface area contributed by atoms with Crippen molar-refractivity contribution in [3.05, 3.63) is 54.1 Å². The van der Waals surface area contributed by atoms with Crippen LogP contribution >= 0.6 is 0 Å². The Hall–Kier alpha value is -2.69. The molecule has 2 aromatic carbocycles. The zero-order valence-corrected chi connectivity index (χ0v) is 13.5. The van der Waals surface area contributed by atoms with Crippen LogP contribution < -0.4 is 19.5 Å². The van der Waals surface area contributed by atoms with Crippen LogP contribution in [0, 0.1) is 0 Å². The van der Waals surface area contributed by atoms with Crippen molar-refractivity contribution in [3.8, 4) is 17.2 Å². The predicted octanol–water partition coefficient (Wildman–Crippen LogP) is 2.96. The van der Waals surface area contributed by atoms with Crippen LogP contribution in [0.25, 0.3) is 0 Å². The number of carbonyl (C=O) groups excluding carboxylic acids is 1. The van der Waals surface area contributed by atoms with Gasteiger partial charge in [0.15, 0.2) is 18.1 Å². The van der Waals surface area contributed by atoms with Gasteiger partial charge in [-0.25, -0.2) is 0 Å². The number of hydrogen-bond acceptors (Lipinski definition) is 4. The normalized spacial score (nSPS) is 11.4. The second kappa shape index (κ2) is 8.08. The van der Waals surface area contributed by atoms with E-state index in [1.165, 1.54) is 0 Å². The molecule has 1 N–H and O–H groups in total. The van der Waals surface area contributed by atoms with Crippen molar-refractivity contribution in [2.45, 2.75) is 13.0 Å². The quantitative estimate of drug-likeness (QED) is 0.853. The maximum Gasteiger partial charge on any atom is 0.258 e. The van der Waals surface area contributed by atoms with Gasteiger partial charge >= 0.3 is 0 Å². The maximum absolute atomic E-state index is 12.1. The van der Waals surface area contributed by atoms with E-state index in [1.807, 2.05) is 43.3 Å². The first-order valence-electron chi connectivity index (χ1n) is 7.33. The largest absolute Gasteiger partial charge is 0.496 e. The molecule has 0 fully saturated rings. The lowest BCUT2D eigenvalue weighted by Crippen LogP contribution is -2.31. The van der Waals surface area contributed by atoms with E-state index >= 15 is 0 Å². The third kappa shape index (κ3) is 4.39. The topological polar surface area (TPSA) is 56.8 Å². The Balaban J connectivity index is 1.94. The smallest absolute Gasteiger partial charge is 0.258 e. The summed E-state index contributed by atoms with van der Waals surface area (Å²) in [5.41, 5.74) is 0.917. The van der Waals surface area contributed by atoms with Crippen LogP contribution in [0.5, 0.6) is 17.2 Å². The molecule has 0 heterocycles. The molecule has 0 spiro atoms. The van der Waals surface area contributed by atoms with E-state index in [0.29, 0.717) is 11.5 Å². The predicted molar refractivity (Wildman–Crippen MR) is 88.0 cm³/mol. The minimum absolute atomic E-state index is 0.0835. The fraction of sp³-hybridized carbons (Fsp3) is 0.278. The second-order valence-corrected chi connectivity index (χ2v) is 4.97. The summed E-state index contributed by atoms with van der Waals surface area (Å²) in [6.07, 6.45) is 0. The van der Waals surface area contributed by atoms with Crippen molar-refractivity contribution in [2.75, 3.05) is 20.8 Å². The van der Waals surface area contributed by atoms with Crippen LogP contribution in [0.1, 0.15) is 18.5 Å². The van der Waals surface area contributed by atoms with Crippen molar-refractivity contribution in [3.63, 3.8) is 0 Å². The lowest BCUT2D eigenvalue weighted by Gasteiger charge is -2.17. The third-order valence-electron chi connectivity index (χ3n) is 3.41. The Morgan fingerprint density at radius 2 is 1.52 bits per heavy atom. The average molecular weight is 315 g/mol. The molecule has 0 aliphatic rings. The molecule has 0 aliphatic carbocycles. The molecule has 1 atom stereocenters. The van der Waals surface area contributed by atoms with Crippen molar-refractivity contribution >= 4 is 5.91 Å². The Bertz CT molecular complexity index is 657. The molecule has 122 valence electrons. The van der Waals surface area contributed by atoms with Crippen molar-refractivity contribution in [1.29, 1.82) is 0 Å². The van der Waals surface area contributed by atoms with Gasteiger partial charge in [-0.3, -0.25) is 4.79 Å². The Morgan fingerprint density at radius 3 is 2.17 bits per heavy atom. The van der Waals surface area contributed by atoms with Crippen molar-refractivity contribution in [1.82, 2.24) is 5.32 Å². The van der Waals surface area contributed by atoms with Gasteiger partial charge in [0.2, 0.25) is 0 Å². The van der Waals surface area contributed by atoms with E-state index in [2.05, 4.69) is 5.32 Å². The van der Waals surface area contributed by atoms with E-state index < -0.39 is 0 Å². The zero-order chi connectivity index (χ0) is 16.7. The summed E-state index contributed by atoms with van der Waals surface area (Å²) in [5, 5.41) is 2.89. The van der Waals surface area contributed by atoms with Crippen LogP contribution in [0.4, 0.5) is 0 Å². The molecule has 0 radical (unpaired) electrons. The molecule has 0 unspecified atom stereocenters. The standard InChI is InChI=1S/C18H21NO4/c1-13(14-8-4-5-9-15(14)21-2)19-18(20)12-23-17-11-7-6-10-16(17)22-3/h4-11,13H,12H2,1-3H3,(H,19,20)/t13-/m0/s1. The molecule has 0 bridgehead atoms. The first kappa shape index (κ1) is 16.7. The molecule has 0 saturated carbocycles. The highest BCUT2D eigenvalue weighted by molar-refractivity contribution is 5.78. The molecular formula is C18H21NO4. The molecule has 2 aromatic rings. The zero-order valence-electron chi connectivity index (χ0n) is 13.5. The number of ether oxygens (including phenoxy) is 3. The van der Waals surface area contributed by atoms with E-state index in [4.69, 9.17) is 14.2 Å². The van der Waals surface area contributed by atoms with Gasteiger partial charge in [-0.2, -0.15) is 0 Å². The fourth-order valence-corrected chi connectivity index (χ4v) is 2.27. The number of para-hydroxylation sites is 3. The molecule has 23 heavy (non-hydrogen) atoms. The second-order valence-electron chi connectivity index (χ2n) is 4.97. The average Bonchev–Trinajstić information content (AvgIpc) is 2.60. The van der Waals surface area contributed by atoms with Gasteiger partial charge in [0.05, 0.1) is 20.3 Å². The Kier molecular flexibility index (Phi) is 5.86. The Labute approximate surface area is 136 Å². The number of benzene rings is 2. The third-order valence-corrected chi connectivity index (χ3v) is 3.41. The summed E-state index contributed by atoms with van der Waals surface area (Å²) in [5.74, 6) is 1.66. The first-order valence-corrected chi connectivity index (χ1v) is 7.33. The molecule has 0 aromatic heterocycles. The van der Waals surface area contributed by atoms with Gasteiger partial charge in [0.25, 0.3) is 5.91 Å². The van der Waals surface area contributed by atoms with Crippen LogP contribution in [0.3, 0.4) is 0 Å². The van der Waals surface area contributed by atoms with Gasteiger partial charge < -0.3 is 19.5 Å². The van der Waals surface area contributed by atoms with Crippen LogP contribution in [-0.4, -0.2) is 26.7 Å². The highest BCUT2D eigenvalue weighted by Crippen LogP contribution is 2.26. The number of hydrogen-bond donors (Lipinski definition) is 1. The van der Waals surface area contributed by atoms with Crippen molar-refractivity contribution < 1.29 is 19.0 Å². The molecule has 2 rings (SSSR count). The first-order chi connectivity index (χ1) is 11.2. The van der Waals surface area contributed by atoms with Crippen LogP contribution in [0.2, 0.25) is 0 Å². The fourth-order valence-electron chi connectivity index (χ4n) is 2.27. The number of rotatable bonds is 7. The van der Waals surface area contributed by atoms with Gasteiger partial charge in [0, 0.05) is 5.56 Å². The lowest BCUT2D eigenvalue weighted by molar-refractivity contribution is -0.123. The molecule has 5 nitrogen and oxygen atoms in total. The van der Waals surface area contributed by atoms with E-state index in [0.717, 1.165) is 11.3 Å². The summed E-state index contributed by atoms with van der Waals surface area (Å²) in [4.78, 5) is 12.1. The minimum Gasteiger partial charge on any atom is -0.496 e. The Morgan fingerprint density at radius 1 is 0.957 bits per heavy atom. The van der Waals surface area contributed by atoms with Gasteiger partial charge in [-0.05, 0) is 25.1 Å². The lowest BCUT2D eigenvalue weighted by atomic mass is 10.1. The van der Waals surface area contributed by atoms with Gasteiger partial charge in [0.1, 0.15) is 5.75 Å². The van der Waals surface area contributed by atoms with E-state index in [-0.39, 0.29) is 18.6 Å². The summed E-state index contributed by atoms with van der Waals surface area (Å²) >= 11 is 0. The van der Waals surface area contributed by atoms with E-state index in [9.17, 15) is 4.79 Å². The highest BCUT2D eigenvalue weighted by atomic mass is 16.5. The summed E-state index contributed by atoms with van der Waals surface area (Å²) in [6, 6.07) is 14.6. The number of nitrogens with one attached hydrogen (secondary N) is 1. The van der Waals surface area contributed by atoms with Crippen molar-refractivity contribution in [2.24, 2.45) is 0 Å². The molecule has 0 aliphatic heterocycles. The van der Waals surface area contributed by atoms with E-state index in [1.54, 1.807) is 26.4 Å². The maximum atomic E-state index is 12.1. The molecule has 0 saturated heterocycles. The monoisotopic (exact) mass is 315 g/mol. The highest BCUT2D eigenvalue weighted by Gasteiger charge is 2.14. The molecule has 5 heteroatoms. The summed E-state index contributed by atoms with van der Waals surface area (Å²) < 4.78 is 16.0. The van der Waals surface area contributed by atoms with Crippen LogP contribution in [0.15, 0.2) is 48.5 Å². The minimum atomic E-state index is -0.214. The number of methoxy groups -OCH3 is 2. The van der Waals surface area contributed by atoms with Gasteiger partial charge in [-0.1, -0.05) is 30.3 Å².